The van der Waals surface area contributed by atoms with Crippen LogP contribution in [0.3, 0.4) is 0 Å². The second kappa shape index (κ2) is 16.0. The molecule has 10 heteroatoms. The van der Waals surface area contributed by atoms with E-state index in [1.807, 2.05) is 78.9 Å². The average molecular weight is 684 g/mol. The molecule has 260 valence electrons. The van der Waals surface area contributed by atoms with Crippen molar-refractivity contribution in [3.05, 3.63) is 120 Å². The zero-order valence-electron chi connectivity index (χ0n) is 28.7. The van der Waals surface area contributed by atoms with Gasteiger partial charge in [-0.25, -0.2) is 9.78 Å². The topological polar surface area (TPSA) is 140 Å². The molecule has 0 aliphatic carbocycles. The van der Waals surface area contributed by atoms with Crippen molar-refractivity contribution in [3.8, 4) is 39.7 Å². The standard InChI is InChI=1S/C41H41N5O5/c1-3-46(4-2)32-21-22-33(35(47)25-32)40-43-38(39(44-40)31-19-17-29(18-20-31)34-26-36(41(49)50)51-45-34)30-15-12-28(13-16-30)14-23-37(48)42-24-8-11-27-9-6-5-7-10-27/h5-7,9-10,12-23,25,36,47H,3-4,8,11,24,26H2,1-2H3,(H,42,48)(H,43,44)(H,49,50). The minimum Gasteiger partial charge on any atom is -0.507 e. The molecule has 0 saturated carbocycles. The molecule has 0 spiro atoms. The molecule has 1 aromatic heterocycles. The molecular formula is C41H41N5O5. The summed E-state index contributed by atoms with van der Waals surface area (Å²) in [5.74, 6) is -0.561. The van der Waals surface area contributed by atoms with E-state index in [0.717, 1.165) is 59.6 Å². The van der Waals surface area contributed by atoms with Crippen LogP contribution in [0.15, 0.2) is 108 Å². The fourth-order valence-corrected chi connectivity index (χ4v) is 6.07. The molecule has 1 atom stereocenters. The van der Waals surface area contributed by atoms with E-state index in [1.165, 1.54) is 5.56 Å². The van der Waals surface area contributed by atoms with Crippen LogP contribution in [0.25, 0.3) is 40.0 Å². The number of nitrogens with zero attached hydrogens (tertiary/aromatic N) is 3. The Morgan fingerprint density at radius 1 is 0.941 bits per heavy atom. The fraction of sp³-hybridized carbons (Fsp3) is 0.220. The summed E-state index contributed by atoms with van der Waals surface area (Å²) in [4.78, 5) is 39.5. The number of imidazole rings is 1. The van der Waals surface area contributed by atoms with Gasteiger partial charge in [0, 0.05) is 55.0 Å². The largest absolute Gasteiger partial charge is 0.507 e. The van der Waals surface area contributed by atoms with Crippen molar-refractivity contribution in [1.29, 1.82) is 0 Å². The number of phenolic OH excluding ortho intramolecular Hbond substituents is 1. The molecule has 4 N–H and O–H groups in total. The summed E-state index contributed by atoms with van der Waals surface area (Å²) < 4.78 is 0. The van der Waals surface area contributed by atoms with E-state index in [9.17, 15) is 19.8 Å². The number of hydrogen-bond donors (Lipinski definition) is 4. The number of aromatic nitrogens is 2. The SMILES string of the molecule is CCN(CC)c1ccc(-c2nc(-c3ccc(C4=NOC(C(=O)O)C4)cc3)c(-c3ccc(C=CC(=O)NCCCc4ccccc4)cc3)[nH]2)c(O)c1. The molecule has 0 bridgehead atoms. The van der Waals surface area contributed by atoms with Gasteiger partial charge in [0.25, 0.3) is 0 Å². The Balaban J connectivity index is 1.23. The third-order valence-corrected chi connectivity index (χ3v) is 8.92. The van der Waals surface area contributed by atoms with Gasteiger partial charge >= 0.3 is 5.97 Å². The lowest BCUT2D eigenvalue weighted by Gasteiger charge is -2.21. The number of aromatic amines is 1. The number of carbonyl (C=O) groups excluding carboxylic acids is 1. The summed E-state index contributed by atoms with van der Waals surface area (Å²) in [7, 11) is 0. The molecular weight excluding hydrogens is 642 g/mol. The van der Waals surface area contributed by atoms with E-state index in [2.05, 4.69) is 46.3 Å². The summed E-state index contributed by atoms with van der Waals surface area (Å²) >= 11 is 0. The van der Waals surface area contributed by atoms with Crippen LogP contribution in [0, 0.1) is 0 Å². The number of aromatic hydroxyl groups is 1. The van der Waals surface area contributed by atoms with Crippen molar-refractivity contribution in [2.45, 2.75) is 39.2 Å². The van der Waals surface area contributed by atoms with Gasteiger partial charge in [-0.15, -0.1) is 0 Å². The molecule has 4 aromatic carbocycles. The van der Waals surface area contributed by atoms with Crippen LogP contribution in [0.5, 0.6) is 5.75 Å². The molecule has 10 nitrogen and oxygen atoms in total. The first-order valence-corrected chi connectivity index (χ1v) is 17.2. The van der Waals surface area contributed by atoms with Gasteiger partial charge in [0.15, 0.2) is 0 Å². The molecule has 51 heavy (non-hydrogen) atoms. The van der Waals surface area contributed by atoms with Crippen molar-refractivity contribution >= 4 is 29.4 Å². The zero-order chi connectivity index (χ0) is 35.7. The number of carboxylic acids is 1. The Morgan fingerprint density at radius 2 is 1.65 bits per heavy atom. The lowest BCUT2D eigenvalue weighted by atomic mass is 10.00. The lowest BCUT2D eigenvalue weighted by Crippen LogP contribution is -2.22. The summed E-state index contributed by atoms with van der Waals surface area (Å²) in [6, 6.07) is 31.2. The minimum absolute atomic E-state index is 0.118. The van der Waals surface area contributed by atoms with Crippen LogP contribution >= 0.6 is 0 Å². The van der Waals surface area contributed by atoms with Crippen LogP contribution < -0.4 is 10.2 Å². The number of oxime groups is 1. The first-order valence-electron chi connectivity index (χ1n) is 17.2. The molecule has 1 aliphatic heterocycles. The molecule has 2 heterocycles. The third kappa shape index (κ3) is 8.36. The number of hydrogen-bond acceptors (Lipinski definition) is 7. The Hall–Kier alpha value is -6.16. The molecule has 6 rings (SSSR count). The number of nitrogens with one attached hydrogen (secondary N) is 2. The average Bonchev–Trinajstić information content (AvgIpc) is 3.83. The Labute approximate surface area is 297 Å². The van der Waals surface area contributed by atoms with Gasteiger partial charge in [-0.3, -0.25) is 4.79 Å². The zero-order valence-corrected chi connectivity index (χ0v) is 28.7. The van der Waals surface area contributed by atoms with Gasteiger partial charge in [0.1, 0.15) is 11.6 Å². The monoisotopic (exact) mass is 683 g/mol. The van der Waals surface area contributed by atoms with Crippen molar-refractivity contribution in [2.75, 3.05) is 24.5 Å². The lowest BCUT2D eigenvalue weighted by molar-refractivity contribution is -0.148. The van der Waals surface area contributed by atoms with Gasteiger partial charge in [-0.1, -0.05) is 84.0 Å². The highest BCUT2D eigenvalue weighted by Gasteiger charge is 2.28. The highest BCUT2D eigenvalue weighted by atomic mass is 16.7. The van der Waals surface area contributed by atoms with Gasteiger partial charge in [0.05, 0.1) is 22.7 Å². The normalized spacial score (nSPS) is 13.9. The maximum Gasteiger partial charge on any atom is 0.348 e. The van der Waals surface area contributed by atoms with E-state index in [-0.39, 0.29) is 18.1 Å². The van der Waals surface area contributed by atoms with E-state index < -0.39 is 12.1 Å². The predicted molar refractivity (Wildman–Crippen MR) is 201 cm³/mol. The van der Waals surface area contributed by atoms with E-state index in [1.54, 1.807) is 18.2 Å². The third-order valence-electron chi connectivity index (χ3n) is 8.92. The molecule has 1 unspecified atom stereocenters. The summed E-state index contributed by atoms with van der Waals surface area (Å²) in [6.07, 6.45) is 4.30. The highest BCUT2D eigenvalue weighted by molar-refractivity contribution is 6.03. The maximum atomic E-state index is 12.5. The Morgan fingerprint density at radius 3 is 2.31 bits per heavy atom. The number of benzene rings is 4. The van der Waals surface area contributed by atoms with E-state index in [4.69, 9.17) is 9.82 Å². The number of carbonyl (C=O) groups is 2. The van der Waals surface area contributed by atoms with Gasteiger partial charge < -0.3 is 30.3 Å². The first kappa shape index (κ1) is 34.7. The van der Waals surface area contributed by atoms with Crippen molar-refractivity contribution in [3.63, 3.8) is 0 Å². The van der Waals surface area contributed by atoms with Crippen molar-refractivity contribution in [2.24, 2.45) is 5.16 Å². The predicted octanol–water partition coefficient (Wildman–Crippen LogP) is 7.30. The summed E-state index contributed by atoms with van der Waals surface area (Å²) in [6.45, 7) is 6.39. The number of carboxylic acid groups (broad SMARTS) is 1. The number of H-pyrrole nitrogens is 1. The second-order valence-corrected chi connectivity index (χ2v) is 12.3. The molecule has 0 saturated heterocycles. The van der Waals surface area contributed by atoms with Crippen molar-refractivity contribution < 1.29 is 24.6 Å². The van der Waals surface area contributed by atoms with Crippen molar-refractivity contribution in [1.82, 2.24) is 15.3 Å². The van der Waals surface area contributed by atoms with Crippen LogP contribution in [0.1, 0.15) is 43.4 Å². The molecule has 5 aromatic rings. The highest BCUT2D eigenvalue weighted by Crippen LogP contribution is 2.37. The van der Waals surface area contributed by atoms with Crippen LogP contribution in [-0.4, -0.2) is 63.5 Å². The Bertz CT molecular complexity index is 2030. The van der Waals surface area contributed by atoms with Gasteiger partial charge in [-0.2, -0.15) is 0 Å². The number of phenols is 1. The number of anilines is 1. The fourth-order valence-electron chi connectivity index (χ4n) is 6.07. The number of rotatable bonds is 14. The Kier molecular flexibility index (Phi) is 10.9. The van der Waals surface area contributed by atoms with Gasteiger partial charge in [-0.05, 0) is 61.6 Å². The molecule has 0 fully saturated rings. The van der Waals surface area contributed by atoms with Crippen LogP contribution in [0.4, 0.5) is 5.69 Å². The van der Waals surface area contributed by atoms with Gasteiger partial charge in [0.2, 0.25) is 12.0 Å². The van der Waals surface area contributed by atoms with E-state index in [0.29, 0.717) is 29.3 Å². The minimum atomic E-state index is -1.05. The first-order chi connectivity index (χ1) is 24.8. The quantitative estimate of drug-likeness (QED) is 0.0711. The number of aryl methyl sites for hydroxylation is 1. The number of amides is 1. The summed E-state index contributed by atoms with van der Waals surface area (Å²) in [5.41, 5.74) is 8.07. The van der Waals surface area contributed by atoms with Crippen LogP contribution in [0.2, 0.25) is 0 Å². The molecule has 1 aliphatic rings. The second-order valence-electron chi connectivity index (χ2n) is 12.3. The number of aliphatic carboxylic acids is 1. The molecule has 1 amide bonds. The maximum absolute atomic E-state index is 12.5. The molecule has 0 radical (unpaired) electrons. The smallest absolute Gasteiger partial charge is 0.348 e. The van der Waals surface area contributed by atoms with E-state index >= 15 is 0 Å². The van der Waals surface area contributed by atoms with Crippen LogP contribution in [-0.2, 0) is 20.8 Å². The summed E-state index contributed by atoms with van der Waals surface area (Å²) in [5, 5.41) is 27.3.